The Morgan fingerprint density at radius 1 is 1.07 bits per heavy atom. The monoisotopic (exact) mass is 204 g/mol. The summed E-state index contributed by atoms with van der Waals surface area (Å²) in [4.78, 5) is 13.4. The Morgan fingerprint density at radius 3 is 2.43 bits per heavy atom. The number of H-pyrrole nitrogens is 1. The molecule has 3 N–H and O–H groups in total. The third-order valence-electron chi connectivity index (χ3n) is 1.87. The van der Waals surface area contributed by atoms with E-state index in [1.807, 2.05) is 0 Å². The molecule has 1 aromatic carbocycles. The van der Waals surface area contributed by atoms with Crippen LogP contribution in [0.3, 0.4) is 0 Å². The quantitative estimate of drug-likeness (QED) is 0.549. The fraction of sp³-hybridized carbons (Fsp3) is 0. The number of hydrogen-bond acceptors (Lipinski definition) is 3. The fourth-order valence-corrected chi connectivity index (χ4v) is 1.22. The minimum absolute atomic E-state index is 0. The fourth-order valence-electron chi connectivity index (χ4n) is 1.22. The molecule has 0 saturated heterocycles. The molecule has 2 aromatic rings. The summed E-state index contributed by atoms with van der Waals surface area (Å²) in [5, 5.41) is 18.9. The molecule has 5 heteroatoms. The topological polar surface area (TPSA) is 73.3 Å². The maximum atomic E-state index is 11.0. The average Bonchev–Trinajstić information content (AvgIpc) is 2.15. The zero-order chi connectivity index (χ0) is 9.42. The normalized spacial score (nSPS) is 9.71. The molecule has 0 spiro atoms. The van der Waals surface area contributed by atoms with E-state index in [2.05, 4.69) is 4.98 Å². The van der Waals surface area contributed by atoms with E-state index >= 15 is 0 Å². The summed E-state index contributed by atoms with van der Waals surface area (Å²) in [5.74, 6) is -1.02. The van der Waals surface area contributed by atoms with Crippen molar-refractivity contribution < 1.29 is 10.2 Å². The van der Waals surface area contributed by atoms with E-state index in [9.17, 15) is 9.90 Å². The Bertz CT molecular complexity index is 521. The maximum Gasteiger partial charge on any atom is 3.00 e. The summed E-state index contributed by atoms with van der Waals surface area (Å²) in [6.45, 7) is 0. The number of nitrogens with one attached hydrogen (secondary N) is 1. The standard InChI is InChI=1S/C9H7NO3.Al/c11-7-5-3-1-2-4-6(5)10-9(13)8(7)12;/h1-4,12H,(H2,10,11,13);/q;+3. The van der Waals surface area contributed by atoms with E-state index in [0.717, 1.165) is 0 Å². The maximum absolute atomic E-state index is 11.0. The first-order valence-corrected chi connectivity index (χ1v) is 3.73. The van der Waals surface area contributed by atoms with Gasteiger partial charge < -0.3 is 15.2 Å². The summed E-state index contributed by atoms with van der Waals surface area (Å²) in [6.07, 6.45) is 0. The Hall–Kier alpha value is -1.44. The van der Waals surface area contributed by atoms with Gasteiger partial charge in [0.15, 0.2) is 5.75 Å². The van der Waals surface area contributed by atoms with Crippen molar-refractivity contribution in [2.24, 2.45) is 0 Å². The van der Waals surface area contributed by atoms with Gasteiger partial charge in [0.25, 0.3) is 5.56 Å². The van der Waals surface area contributed by atoms with Gasteiger partial charge in [0.05, 0.1) is 5.52 Å². The first-order valence-electron chi connectivity index (χ1n) is 3.73. The average molecular weight is 204 g/mol. The molecule has 66 valence electrons. The largest absolute Gasteiger partial charge is 3.00 e. The zero-order valence-electron chi connectivity index (χ0n) is 7.19. The van der Waals surface area contributed by atoms with E-state index in [1.54, 1.807) is 24.3 Å². The molecule has 0 bridgehead atoms. The van der Waals surface area contributed by atoms with Crippen molar-refractivity contribution >= 4 is 28.3 Å². The second kappa shape index (κ2) is 3.74. The van der Waals surface area contributed by atoms with Gasteiger partial charge in [0.2, 0.25) is 5.75 Å². The van der Waals surface area contributed by atoms with Gasteiger partial charge in [0.1, 0.15) is 0 Å². The number of aromatic hydroxyl groups is 2. The number of para-hydroxylation sites is 1. The molecule has 0 radical (unpaired) electrons. The van der Waals surface area contributed by atoms with Crippen LogP contribution in [0.15, 0.2) is 29.1 Å². The Kier molecular flexibility index (Phi) is 2.85. The van der Waals surface area contributed by atoms with E-state index in [0.29, 0.717) is 10.9 Å². The first kappa shape index (κ1) is 10.6. The number of rotatable bonds is 0. The number of hydrogen-bond donors (Lipinski definition) is 3. The van der Waals surface area contributed by atoms with E-state index in [-0.39, 0.29) is 23.1 Å². The zero-order valence-corrected chi connectivity index (χ0v) is 8.34. The SMILES string of the molecule is O=c1[nH]c2ccccc2c(O)c1O.[Al+3]. The number of aromatic nitrogens is 1. The number of aromatic amines is 1. The predicted molar refractivity (Wildman–Crippen MR) is 53.7 cm³/mol. The molecule has 1 heterocycles. The van der Waals surface area contributed by atoms with Crippen molar-refractivity contribution in [3.63, 3.8) is 0 Å². The van der Waals surface area contributed by atoms with Crippen LogP contribution in [0.25, 0.3) is 10.9 Å². The second-order valence-corrected chi connectivity index (χ2v) is 2.70. The van der Waals surface area contributed by atoms with Gasteiger partial charge in [-0.25, -0.2) is 0 Å². The van der Waals surface area contributed by atoms with Gasteiger partial charge in [-0.15, -0.1) is 0 Å². The summed E-state index contributed by atoms with van der Waals surface area (Å²) >= 11 is 0. The molecule has 4 nitrogen and oxygen atoms in total. The third-order valence-corrected chi connectivity index (χ3v) is 1.87. The third kappa shape index (κ3) is 1.48. The summed E-state index contributed by atoms with van der Waals surface area (Å²) in [5.41, 5.74) is -0.181. The Labute approximate surface area is 90.0 Å². The molecule has 0 aliphatic carbocycles. The molecule has 0 saturated carbocycles. The smallest absolute Gasteiger partial charge is 0.504 e. The van der Waals surface area contributed by atoms with Crippen LogP contribution in [0.1, 0.15) is 0 Å². The Morgan fingerprint density at radius 2 is 1.71 bits per heavy atom. The van der Waals surface area contributed by atoms with Crippen LogP contribution in [-0.4, -0.2) is 32.6 Å². The number of pyridine rings is 1. The van der Waals surface area contributed by atoms with Gasteiger partial charge in [-0.3, -0.25) is 4.79 Å². The van der Waals surface area contributed by atoms with Crippen molar-refractivity contribution in [3.8, 4) is 11.5 Å². The number of benzene rings is 1. The predicted octanol–water partition coefficient (Wildman–Crippen LogP) is 0.558. The van der Waals surface area contributed by atoms with Crippen molar-refractivity contribution in [2.75, 3.05) is 0 Å². The van der Waals surface area contributed by atoms with Crippen LogP contribution in [0, 0.1) is 0 Å². The minimum Gasteiger partial charge on any atom is -0.504 e. The van der Waals surface area contributed by atoms with Crippen LogP contribution in [0.2, 0.25) is 0 Å². The van der Waals surface area contributed by atoms with Crippen molar-refractivity contribution in [2.45, 2.75) is 0 Å². The molecule has 14 heavy (non-hydrogen) atoms. The van der Waals surface area contributed by atoms with E-state index in [1.165, 1.54) is 0 Å². The molecule has 0 aliphatic heterocycles. The van der Waals surface area contributed by atoms with Crippen LogP contribution in [0.5, 0.6) is 11.5 Å². The molecule has 0 unspecified atom stereocenters. The summed E-state index contributed by atoms with van der Waals surface area (Å²) in [7, 11) is 0. The minimum atomic E-state index is -0.684. The molecular formula is C9H7AlNO3+3. The first-order chi connectivity index (χ1) is 6.20. The van der Waals surface area contributed by atoms with Crippen molar-refractivity contribution in [3.05, 3.63) is 34.6 Å². The number of fused-ring (bicyclic) bond motifs is 1. The van der Waals surface area contributed by atoms with Crippen LogP contribution < -0.4 is 5.56 Å². The molecule has 0 fully saturated rings. The molecule has 1 aromatic heterocycles. The molecule has 0 atom stereocenters. The van der Waals surface area contributed by atoms with Crippen LogP contribution in [0.4, 0.5) is 0 Å². The van der Waals surface area contributed by atoms with Crippen molar-refractivity contribution in [1.29, 1.82) is 0 Å². The van der Waals surface area contributed by atoms with Gasteiger partial charge in [-0.2, -0.15) is 0 Å². The van der Waals surface area contributed by atoms with E-state index < -0.39 is 11.3 Å². The van der Waals surface area contributed by atoms with Gasteiger partial charge in [-0.05, 0) is 12.1 Å². The van der Waals surface area contributed by atoms with Gasteiger partial charge in [0, 0.05) is 5.39 Å². The van der Waals surface area contributed by atoms with Crippen LogP contribution in [-0.2, 0) is 0 Å². The molecule has 2 rings (SSSR count). The van der Waals surface area contributed by atoms with Gasteiger partial charge in [-0.1, -0.05) is 12.1 Å². The molecule has 0 aliphatic rings. The Balaban J connectivity index is 0.000000980. The van der Waals surface area contributed by atoms with E-state index in [4.69, 9.17) is 5.11 Å². The van der Waals surface area contributed by atoms with Crippen LogP contribution >= 0.6 is 0 Å². The summed E-state index contributed by atoms with van der Waals surface area (Å²) < 4.78 is 0. The van der Waals surface area contributed by atoms with Gasteiger partial charge >= 0.3 is 17.4 Å². The molecule has 0 amide bonds. The second-order valence-electron chi connectivity index (χ2n) is 2.70. The summed E-state index contributed by atoms with van der Waals surface area (Å²) in [6, 6.07) is 6.70. The van der Waals surface area contributed by atoms with Crippen molar-refractivity contribution in [1.82, 2.24) is 4.98 Å². The molecular weight excluding hydrogens is 197 g/mol.